The van der Waals surface area contributed by atoms with Crippen LogP contribution in [0.2, 0.25) is 0 Å². The number of benzene rings is 2. The van der Waals surface area contributed by atoms with E-state index in [1.807, 2.05) is 6.92 Å². The van der Waals surface area contributed by atoms with Crippen molar-refractivity contribution in [1.29, 1.82) is 0 Å². The molecule has 0 saturated carbocycles. The Morgan fingerprint density at radius 2 is 1.96 bits per heavy atom. The van der Waals surface area contributed by atoms with Gasteiger partial charge in [0.05, 0.1) is 46.8 Å². The monoisotopic (exact) mass is 661 g/mol. The zero-order chi connectivity index (χ0) is 36.2. The Balaban J connectivity index is 1.38. The number of piperidine rings is 1. The van der Waals surface area contributed by atoms with E-state index in [-0.39, 0.29) is 64.2 Å². The van der Waals surface area contributed by atoms with Crippen molar-refractivity contribution in [3.63, 3.8) is 0 Å². The molecule has 0 radical (unpaired) electrons. The summed E-state index contributed by atoms with van der Waals surface area (Å²) in [5.74, 6) is 4.14. The predicted octanol–water partition coefficient (Wildman–Crippen LogP) is 4.00. The normalized spacial score (nSPS) is 21.9. The molecule has 2 aromatic carbocycles. The second-order valence-corrected chi connectivity index (χ2v) is 11.7. The van der Waals surface area contributed by atoms with Crippen LogP contribution in [0, 0.1) is 17.8 Å². The van der Waals surface area contributed by atoms with Crippen LogP contribution in [-0.4, -0.2) is 97.6 Å². The first-order chi connectivity index (χ1) is 23.6. The number of fused-ring (bicyclic) bond motifs is 1. The highest BCUT2D eigenvalue weighted by molar-refractivity contribution is 6.05. The number of nitrogens with zero attached hydrogens (tertiary/aromatic N) is 3. The van der Waals surface area contributed by atoms with E-state index in [2.05, 4.69) is 37.7 Å². The topological polar surface area (TPSA) is 110 Å². The van der Waals surface area contributed by atoms with Gasteiger partial charge in [-0.15, -0.1) is 0 Å². The summed E-state index contributed by atoms with van der Waals surface area (Å²) in [6, 6.07) is 6.32. The zero-order valence-corrected chi connectivity index (χ0v) is 25.9. The van der Waals surface area contributed by atoms with Crippen LogP contribution < -0.4 is 20.7 Å². The number of halogens is 4. The number of rotatable bonds is 8. The summed E-state index contributed by atoms with van der Waals surface area (Å²) in [6.07, 6.45) is -3.34. The third-order valence-electron chi connectivity index (χ3n) is 8.44. The second kappa shape index (κ2) is 14.6. The van der Waals surface area contributed by atoms with E-state index in [0.717, 1.165) is 23.7 Å². The molecular weight excluding hydrogens is 620 g/mol. The molecule has 252 valence electrons. The second-order valence-electron chi connectivity index (χ2n) is 11.7. The molecule has 3 atom stereocenters. The summed E-state index contributed by atoms with van der Waals surface area (Å²) in [5.41, 5.74) is 0.563. The number of hydrogen-bond donors (Lipinski definition) is 3. The van der Waals surface area contributed by atoms with Gasteiger partial charge < -0.3 is 30.0 Å². The number of hydrogen-bond acceptors (Lipinski definition) is 7. The largest absolute Gasteiger partial charge is 0.495 e. The standard InChI is InChI=1S/C33H38F4N6O4/c1-20-16-42(23-8-11-47-12-9-23)17-25(34)29(20)41-32(45)24-13-21(14-27-30(24)40-19-43(27)18-33(35,36)37)5-4-10-39-26-7-6-22(31(44)38-2)15-28(26)46-3/h6-7,13-15,19-20,23,25,29,39H,8-12,16-18H2,1-3H3,(H,38,44)(H,41,45)/t20-,25-,29+/m0/s1/i3D3. The molecule has 2 fully saturated rings. The van der Waals surface area contributed by atoms with Crippen LogP contribution in [0.15, 0.2) is 36.7 Å². The van der Waals surface area contributed by atoms with E-state index < -0.39 is 43.8 Å². The van der Waals surface area contributed by atoms with Crippen LogP contribution in [0.3, 0.4) is 0 Å². The number of likely N-dealkylation sites (tertiary alicyclic amines) is 1. The minimum atomic E-state index is -4.57. The van der Waals surface area contributed by atoms with Gasteiger partial charge >= 0.3 is 6.18 Å². The number of carbonyl (C=O) groups is 2. The van der Waals surface area contributed by atoms with Gasteiger partial charge in [0.25, 0.3) is 11.8 Å². The van der Waals surface area contributed by atoms with E-state index in [4.69, 9.17) is 13.6 Å². The lowest BCUT2D eigenvalue weighted by Gasteiger charge is -2.44. The Morgan fingerprint density at radius 3 is 2.66 bits per heavy atom. The molecule has 47 heavy (non-hydrogen) atoms. The maximum atomic E-state index is 15.6. The lowest BCUT2D eigenvalue weighted by Crippen LogP contribution is -2.59. The average molecular weight is 662 g/mol. The van der Waals surface area contributed by atoms with Crippen molar-refractivity contribution in [3.8, 4) is 17.6 Å². The molecule has 2 saturated heterocycles. The maximum Gasteiger partial charge on any atom is 0.406 e. The van der Waals surface area contributed by atoms with Crippen LogP contribution in [0.25, 0.3) is 11.0 Å². The van der Waals surface area contributed by atoms with Gasteiger partial charge in [0.15, 0.2) is 0 Å². The Morgan fingerprint density at radius 1 is 1.17 bits per heavy atom. The summed E-state index contributed by atoms with van der Waals surface area (Å²) in [7, 11) is -1.39. The van der Waals surface area contributed by atoms with Crippen LogP contribution in [0.1, 0.15) is 50.2 Å². The number of ether oxygens (including phenoxy) is 2. The molecule has 2 amide bonds. The van der Waals surface area contributed by atoms with Gasteiger partial charge in [-0.1, -0.05) is 18.8 Å². The summed E-state index contributed by atoms with van der Waals surface area (Å²) >= 11 is 0. The van der Waals surface area contributed by atoms with E-state index >= 15 is 4.39 Å². The summed E-state index contributed by atoms with van der Waals surface area (Å²) in [6.45, 7) is 2.36. The fourth-order valence-electron chi connectivity index (χ4n) is 6.11. The molecule has 0 unspecified atom stereocenters. The quantitative estimate of drug-likeness (QED) is 0.248. The Hall–Kier alpha value is -4.35. The first-order valence-corrected chi connectivity index (χ1v) is 15.2. The van der Waals surface area contributed by atoms with Crippen molar-refractivity contribution in [3.05, 3.63) is 53.3 Å². The third-order valence-corrected chi connectivity index (χ3v) is 8.44. The van der Waals surface area contributed by atoms with Gasteiger partial charge in [0.2, 0.25) is 0 Å². The maximum absolute atomic E-state index is 15.6. The molecule has 0 aliphatic carbocycles. The minimum Gasteiger partial charge on any atom is -0.495 e. The molecule has 10 nitrogen and oxygen atoms in total. The minimum absolute atomic E-state index is 0.0146. The number of anilines is 1. The fourth-order valence-corrected chi connectivity index (χ4v) is 6.11. The number of alkyl halides is 4. The predicted molar refractivity (Wildman–Crippen MR) is 168 cm³/mol. The van der Waals surface area contributed by atoms with E-state index in [1.165, 1.54) is 37.4 Å². The lowest BCUT2D eigenvalue weighted by atomic mass is 9.89. The summed E-state index contributed by atoms with van der Waals surface area (Å²) in [5, 5.41) is 8.14. The smallest absolute Gasteiger partial charge is 0.406 e. The van der Waals surface area contributed by atoms with Crippen molar-refractivity contribution in [2.24, 2.45) is 5.92 Å². The van der Waals surface area contributed by atoms with Gasteiger partial charge in [0, 0.05) is 50.5 Å². The van der Waals surface area contributed by atoms with Crippen LogP contribution >= 0.6 is 0 Å². The summed E-state index contributed by atoms with van der Waals surface area (Å²) < 4.78 is 89.6. The van der Waals surface area contributed by atoms with E-state index in [1.54, 1.807) is 0 Å². The number of imidazole rings is 1. The average Bonchev–Trinajstić information content (AvgIpc) is 3.44. The molecule has 2 aliphatic rings. The molecule has 3 heterocycles. The van der Waals surface area contributed by atoms with Crippen molar-refractivity contribution in [1.82, 2.24) is 25.1 Å². The lowest BCUT2D eigenvalue weighted by molar-refractivity contribution is -0.140. The van der Waals surface area contributed by atoms with Crippen molar-refractivity contribution in [2.45, 2.75) is 50.7 Å². The first-order valence-electron chi connectivity index (χ1n) is 16.7. The fraction of sp³-hybridized carbons (Fsp3) is 0.485. The van der Waals surface area contributed by atoms with Gasteiger partial charge in [-0.05, 0) is 49.1 Å². The summed E-state index contributed by atoms with van der Waals surface area (Å²) in [4.78, 5) is 31.9. The van der Waals surface area contributed by atoms with Gasteiger partial charge in [-0.3, -0.25) is 14.5 Å². The van der Waals surface area contributed by atoms with Crippen LogP contribution in [0.5, 0.6) is 5.75 Å². The SMILES string of the molecule is [2H]C([2H])([2H])Oc1cc(C(=O)NC)ccc1NCC#Cc1cc(C(=O)N[C@@H]2[C@@H](C)CN(C3CCOCC3)C[C@@H]2F)c2ncn(CC(F)(F)F)c2c1. The van der Waals surface area contributed by atoms with E-state index in [0.29, 0.717) is 19.8 Å². The number of nitrogens with one attached hydrogen (secondary N) is 3. The number of aromatic nitrogens is 2. The molecule has 0 bridgehead atoms. The molecular formula is C33H38F4N6O4. The van der Waals surface area contributed by atoms with Crippen LogP contribution in [-0.2, 0) is 11.3 Å². The van der Waals surface area contributed by atoms with Gasteiger partial charge in [-0.25, -0.2) is 9.37 Å². The zero-order valence-electron chi connectivity index (χ0n) is 28.9. The molecule has 14 heteroatoms. The van der Waals surface area contributed by atoms with Crippen LogP contribution in [0.4, 0.5) is 23.2 Å². The Kier molecular flexibility index (Phi) is 9.33. The number of carbonyl (C=O) groups excluding carboxylic acids is 2. The van der Waals surface area contributed by atoms with Crippen molar-refractivity contribution >= 4 is 28.5 Å². The van der Waals surface area contributed by atoms with E-state index in [9.17, 15) is 22.8 Å². The molecule has 3 aromatic rings. The highest BCUT2D eigenvalue weighted by atomic mass is 19.4. The molecule has 5 rings (SSSR count). The Labute approximate surface area is 274 Å². The molecule has 1 aromatic heterocycles. The van der Waals surface area contributed by atoms with Gasteiger partial charge in [0.1, 0.15) is 24.0 Å². The van der Waals surface area contributed by atoms with Crippen molar-refractivity contribution < 1.29 is 40.7 Å². The number of amides is 2. The molecule has 2 aliphatic heterocycles. The highest BCUT2D eigenvalue weighted by Crippen LogP contribution is 2.28. The Bertz CT molecular complexity index is 1760. The highest BCUT2D eigenvalue weighted by Gasteiger charge is 2.39. The number of methoxy groups -OCH3 is 1. The van der Waals surface area contributed by atoms with Gasteiger partial charge in [-0.2, -0.15) is 13.2 Å². The molecule has 0 spiro atoms. The first kappa shape index (κ1) is 30.0. The molecule has 3 N–H and O–H groups in total. The third kappa shape index (κ3) is 8.15. The van der Waals surface area contributed by atoms with Crippen molar-refractivity contribution in [2.75, 3.05) is 52.3 Å².